The van der Waals surface area contributed by atoms with Gasteiger partial charge in [-0.15, -0.1) is 0 Å². The van der Waals surface area contributed by atoms with E-state index in [1.165, 1.54) is 6.07 Å². The topological polar surface area (TPSA) is 21.3 Å². The van der Waals surface area contributed by atoms with Crippen LogP contribution in [0.15, 0.2) is 30.3 Å². The molecule has 1 aromatic rings. The summed E-state index contributed by atoms with van der Waals surface area (Å²) in [5.74, 6) is 0. The molecule has 1 aromatic carbocycles. The van der Waals surface area contributed by atoms with E-state index in [1.54, 1.807) is 19.3 Å². The number of methoxy groups -OCH3 is 1. The molecule has 106 valence electrons. The number of hydrogen-bond acceptors (Lipinski definition) is 2. The number of rotatable bonds is 7. The molecule has 0 fully saturated rings. The van der Waals surface area contributed by atoms with Gasteiger partial charge in [-0.05, 0) is 30.7 Å². The van der Waals surface area contributed by atoms with Crippen LogP contribution in [0.5, 0.6) is 0 Å². The van der Waals surface area contributed by atoms with Gasteiger partial charge in [-0.25, -0.2) is 0 Å². The second kappa shape index (κ2) is 7.96. The van der Waals surface area contributed by atoms with Gasteiger partial charge in [-0.1, -0.05) is 24.3 Å². The number of alkyl halides is 3. The van der Waals surface area contributed by atoms with Gasteiger partial charge in [0.2, 0.25) is 0 Å². The van der Waals surface area contributed by atoms with Crippen LogP contribution in [0.3, 0.4) is 0 Å². The molecule has 0 aromatic heterocycles. The van der Waals surface area contributed by atoms with Crippen molar-refractivity contribution in [3.05, 3.63) is 41.5 Å². The van der Waals surface area contributed by atoms with E-state index in [-0.39, 0.29) is 0 Å². The summed E-state index contributed by atoms with van der Waals surface area (Å²) in [5, 5.41) is 3.15. The second-order valence-corrected chi connectivity index (χ2v) is 4.06. The van der Waals surface area contributed by atoms with Crippen molar-refractivity contribution in [1.82, 2.24) is 5.32 Å². The quantitative estimate of drug-likeness (QED) is 0.769. The lowest BCUT2D eigenvalue weighted by Crippen LogP contribution is -2.19. The summed E-state index contributed by atoms with van der Waals surface area (Å²) >= 11 is 0. The van der Waals surface area contributed by atoms with E-state index >= 15 is 0 Å². The van der Waals surface area contributed by atoms with Crippen LogP contribution in [0.1, 0.15) is 17.5 Å². The zero-order valence-corrected chi connectivity index (χ0v) is 10.8. The molecule has 0 saturated heterocycles. The minimum Gasteiger partial charge on any atom is -0.383 e. The first-order valence-corrected chi connectivity index (χ1v) is 6.07. The van der Waals surface area contributed by atoms with Crippen molar-refractivity contribution in [3.8, 4) is 0 Å². The highest BCUT2D eigenvalue weighted by atomic mass is 19.4. The summed E-state index contributed by atoms with van der Waals surface area (Å²) in [7, 11) is 1.63. The molecule has 0 unspecified atom stereocenters. The van der Waals surface area contributed by atoms with Crippen molar-refractivity contribution < 1.29 is 17.9 Å². The van der Waals surface area contributed by atoms with E-state index in [0.717, 1.165) is 31.6 Å². The molecule has 2 nitrogen and oxygen atoms in total. The second-order valence-electron chi connectivity index (χ2n) is 4.06. The van der Waals surface area contributed by atoms with Crippen molar-refractivity contribution in [1.29, 1.82) is 0 Å². The number of benzene rings is 1. The minimum absolute atomic E-state index is 0.562. The van der Waals surface area contributed by atoms with Gasteiger partial charge in [0.05, 0.1) is 12.2 Å². The Kier molecular flexibility index (Phi) is 6.59. The largest absolute Gasteiger partial charge is 0.416 e. The fraction of sp³-hybridized carbons (Fsp3) is 0.429. The zero-order valence-electron chi connectivity index (χ0n) is 10.8. The van der Waals surface area contributed by atoms with Crippen LogP contribution in [0.4, 0.5) is 13.2 Å². The van der Waals surface area contributed by atoms with E-state index in [0.29, 0.717) is 12.2 Å². The maximum Gasteiger partial charge on any atom is 0.416 e. The lowest BCUT2D eigenvalue weighted by Gasteiger charge is -2.06. The first-order valence-electron chi connectivity index (χ1n) is 6.07. The molecular formula is C14H18F3NO. The van der Waals surface area contributed by atoms with Gasteiger partial charge in [0, 0.05) is 13.7 Å². The van der Waals surface area contributed by atoms with Gasteiger partial charge in [0.25, 0.3) is 0 Å². The molecule has 0 saturated carbocycles. The zero-order chi connectivity index (χ0) is 14.1. The van der Waals surface area contributed by atoms with Gasteiger partial charge in [0.15, 0.2) is 0 Å². The number of hydrogen-bond donors (Lipinski definition) is 1. The molecule has 0 heterocycles. The average molecular weight is 273 g/mol. The molecule has 1 rings (SSSR count). The Balaban J connectivity index is 2.40. The normalized spacial score (nSPS) is 12.2. The first kappa shape index (κ1) is 15.7. The first-order chi connectivity index (χ1) is 9.04. The third-order valence-electron chi connectivity index (χ3n) is 2.49. The summed E-state index contributed by atoms with van der Waals surface area (Å²) in [6.45, 7) is 2.20. The molecule has 0 radical (unpaired) electrons. The minimum atomic E-state index is -4.29. The van der Waals surface area contributed by atoms with E-state index in [1.807, 2.05) is 6.08 Å². The van der Waals surface area contributed by atoms with Gasteiger partial charge in [0.1, 0.15) is 0 Å². The van der Waals surface area contributed by atoms with E-state index in [2.05, 4.69) is 5.32 Å². The Morgan fingerprint density at radius 2 is 2.05 bits per heavy atom. The number of nitrogens with one attached hydrogen (secondary N) is 1. The lowest BCUT2D eigenvalue weighted by atomic mass is 10.1. The lowest BCUT2D eigenvalue weighted by molar-refractivity contribution is -0.137. The highest BCUT2D eigenvalue weighted by molar-refractivity contribution is 5.50. The van der Waals surface area contributed by atoms with Crippen LogP contribution in [0.25, 0.3) is 6.08 Å². The summed E-state index contributed by atoms with van der Waals surface area (Å²) in [5.41, 5.74) is -0.0559. The van der Waals surface area contributed by atoms with Gasteiger partial charge < -0.3 is 10.1 Å². The Morgan fingerprint density at radius 1 is 1.26 bits per heavy atom. The molecular weight excluding hydrogens is 255 g/mol. The molecule has 0 atom stereocenters. The number of halogens is 3. The summed E-state index contributed by atoms with van der Waals surface area (Å²) in [6, 6.07) is 5.29. The van der Waals surface area contributed by atoms with E-state index in [4.69, 9.17) is 4.74 Å². The van der Waals surface area contributed by atoms with Gasteiger partial charge >= 0.3 is 6.18 Å². The molecule has 0 bridgehead atoms. The summed E-state index contributed by atoms with van der Waals surface area (Å²) in [6.07, 6.45) is 0.0358. The third-order valence-corrected chi connectivity index (χ3v) is 2.49. The standard InChI is InChI=1S/C14H18F3NO/c1-19-10-9-18-8-3-2-5-12-6-4-7-13(11-12)14(15,16)17/h2,4-7,11,18H,3,8-10H2,1H3. The predicted octanol–water partition coefficient (Wildman–Crippen LogP) is 3.34. The summed E-state index contributed by atoms with van der Waals surface area (Å²) < 4.78 is 42.3. The van der Waals surface area contributed by atoms with Crippen LogP contribution in [-0.4, -0.2) is 26.8 Å². The fourth-order valence-corrected chi connectivity index (χ4v) is 1.52. The van der Waals surface area contributed by atoms with Crippen molar-refractivity contribution >= 4 is 6.08 Å². The molecule has 0 spiro atoms. The monoisotopic (exact) mass is 273 g/mol. The highest BCUT2D eigenvalue weighted by Crippen LogP contribution is 2.29. The average Bonchev–Trinajstić information content (AvgIpc) is 2.37. The Labute approximate surface area is 111 Å². The van der Waals surface area contributed by atoms with E-state index < -0.39 is 11.7 Å². The van der Waals surface area contributed by atoms with Crippen molar-refractivity contribution in [2.75, 3.05) is 26.8 Å². The van der Waals surface area contributed by atoms with Gasteiger partial charge in [-0.3, -0.25) is 0 Å². The fourth-order valence-electron chi connectivity index (χ4n) is 1.52. The number of ether oxygens (including phenoxy) is 1. The van der Waals surface area contributed by atoms with Crippen LogP contribution in [-0.2, 0) is 10.9 Å². The van der Waals surface area contributed by atoms with Crippen molar-refractivity contribution in [3.63, 3.8) is 0 Å². The molecule has 0 aliphatic rings. The van der Waals surface area contributed by atoms with Crippen LogP contribution >= 0.6 is 0 Å². The van der Waals surface area contributed by atoms with Crippen LogP contribution in [0, 0.1) is 0 Å². The third kappa shape index (κ3) is 6.40. The Hall–Kier alpha value is -1.33. The molecule has 0 amide bonds. The smallest absolute Gasteiger partial charge is 0.383 e. The van der Waals surface area contributed by atoms with Crippen molar-refractivity contribution in [2.24, 2.45) is 0 Å². The molecule has 0 aliphatic heterocycles. The molecule has 0 aliphatic carbocycles. The van der Waals surface area contributed by atoms with E-state index in [9.17, 15) is 13.2 Å². The Morgan fingerprint density at radius 3 is 2.74 bits per heavy atom. The summed E-state index contributed by atoms with van der Waals surface area (Å²) in [4.78, 5) is 0. The maximum atomic E-state index is 12.5. The SMILES string of the molecule is COCCNCCC=Cc1cccc(C(F)(F)F)c1. The molecule has 1 N–H and O–H groups in total. The van der Waals surface area contributed by atoms with Gasteiger partial charge in [-0.2, -0.15) is 13.2 Å². The van der Waals surface area contributed by atoms with Crippen molar-refractivity contribution in [2.45, 2.75) is 12.6 Å². The molecule has 19 heavy (non-hydrogen) atoms. The highest BCUT2D eigenvalue weighted by Gasteiger charge is 2.30. The predicted molar refractivity (Wildman–Crippen MR) is 69.8 cm³/mol. The van der Waals surface area contributed by atoms with Crippen LogP contribution < -0.4 is 5.32 Å². The maximum absolute atomic E-state index is 12.5. The molecule has 5 heteroatoms. The Bertz CT molecular complexity index is 402. The van der Waals surface area contributed by atoms with Crippen LogP contribution in [0.2, 0.25) is 0 Å².